The first-order valence-electron chi connectivity index (χ1n) is 9.19. The number of hydrogen-bond acceptors (Lipinski definition) is 3. The number of benzene rings is 1. The van der Waals surface area contributed by atoms with Crippen molar-refractivity contribution in [2.45, 2.75) is 57.2 Å². The number of carbonyl (C=O) groups excluding carboxylic acids is 1. The van der Waals surface area contributed by atoms with Crippen LogP contribution in [0.4, 0.5) is 0 Å². The van der Waals surface area contributed by atoms with Crippen LogP contribution in [0, 0.1) is 0 Å². The maximum absolute atomic E-state index is 12.6. The summed E-state index contributed by atoms with van der Waals surface area (Å²) in [6.45, 7) is 0.444. The summed E-state index contributed by atoms with van der Waals surface area (Å²) in [5, 5.41) is 5.03. The average molecular weight is 414 g/mol. The highest BCUT2D eigenvalue weighted by atomic mass is 35.5. The molecule has 4 nitrogen and oxygen atoms in total. The Labute approximate surface area is 169 Å². The second-order valence-corrected chi connectivity index (χ2v) is 8.76. The van der Waals surface area contributed by atoms with Crippen LogP contribution in [-0.2, 0) is 11.3 Å². The molecule has 1 amide bonds. The quantitative estimate of drug-likeness (QED) is 0.725. The minimum Gasteiger partial charge on any atom is -0.350 e. The topological polar surface area (TPSA) is 44.7 Å². The molecule has 0 radical (unpaired) electrons. The van der Waals surface area contributed by atoms with Crippen molar-refractivity contribution in [1.29, 1.82) is 0 Å². The Morgan fingerprint density at radius 2 is 1.96 bits per heavy atom. The van der Waals surface area contributed by atoms with E-state index in [-0.39, 0.29) is 11.9 Å². The van der Waals surface area contributed by atoms with E-state index >= 15 is 0 Å². The zero-order valence-corrected chi connectivity index (χ0v) is 17.3. The van der Waals surface area contributed by atoms with Gasteiger partial charge in [-0.25, -0.2) is 0 Å². The number of likely N-dealkylation sites (N-methyl/N-ethyl adjacent to an activating group) is 1. The largest absolute Gasteiger partial charge is 0.350 e. The van der Waals surface area contributed by atoms with Gasteiger partial charge in [0.05, 0.1) is 16.1 Å². The van der Waals surface area contributed by atoms with Crippen LogP contribution >= 0.6 is 35.0 Å². The molecule has 2 aliphatic rings. The van der Waals surface area contributed by atoms with E-state index in [0.29, 0.717) is 22.6 Å². The normalized spacial score (nSPS) is 23.3. The molecule has 1 atom stereocenters. The lowest BCUT2D eigenvalue weighted by atomic mass is 10.1. The van der Waals surface area contributed by atoms with E-state index in [0.717, 1.165) is 16.5 Å². The third-order valence-electron chi connectivity index (χ3n) is 5.01. The van der Waals surface area contributed by atoms with E-state index in [9.17, 15) is 4.79 Å². The van der Waals surface area contributed by atoms with E-state index in [2.05, 4.69) is 5.32 Å². The Balaban J connectivity index is 1.55. The number of nitrogens with zero attached hydrogens (tertiary/aromatic N) is 2. The summed E-state index contributed by atoms with van der Waals surface area (Å²) in [4.78, 5) is 19.6. The molecule has 1 aromatic carbocycles. The second-order valence-electron chi connectivity index (χ2n) is 6.96. The highest BCUT2D eigenvalue weighted by molar-refractivity contribution is 8.14. The van der Waals surface area contributed by atoms with E-state index in [1.54, 1.807) is 23.9 Å². The first kappa shape index (κ1) is 19.8. The van der Waals surface area contributed by atoms with Crippen LogP contribution in [0.15, 0.2) is 23.2 Å². The minimum absolute atomic E-state index is 0.0251. The SMILES string of the molecule is CN1C(=NC2CCCCCC2)SCC1C(=O)NCc1ccc(Cl)c(Cl)c1. The van der Waals surface area contributed by atoms with Crippen molar-refractivity contribution in [2.24, 2.45) is 4.99 Å². The molecule has 26 heavy (non-hydrogen) atoms. The van der Waals surface area contributed by atoms with Gasteiger partial charge in [-0.3, -0.25) is 9.79 Å². The van der Waals surface area contributed by atoms with Gasteiger partial charge in [-0.1, -0.05) is 66.7 Å². The molecular weight excluding hydrogens is 389 g/mol. The van der Waals surface area contributed by atoms with Crippen LogP contribution in [0.2, 0.25) is 10.0 Å². The molecular formula is C19H25Cl2N3OS. The zero-order valence-electron chi connectivity index (χ0n) is 15.0. The molecule has 0 bridgehead atoms. The number of halogens is 2. The first-order chi connectivity index (χ1) is 12.5. The summed E-state index contributed by atoms with van der Waals surface area (Å²) in [7, 11) is 1.97. The Morgan fingerprint density at radius 1 is 1.23 bits per heavy atom. The lowest BCUT2D eigenvalue weighted by Crippen LogP contribution is -2.44. The third-order valence-corrected chi connectivity index (χ3v) is 6.88. The second kappa shape index (κ2) is 9.34. The maximum Gasteiger partial charge on any atom is 0.243 e. The molecule has 2 fully saturated rings. The van der Waals surface area contributed by atoms with Gasteiger partial charge in [0.15, 0.2) is 5.17 Å². The smallest absolute Gasteiger partial charge is 0.243 e. The zero-order chi connectivity index (χ0) is 18.5. The predicted octanol–water partition coefficient (Wildman–Crippen LogP) is 4.74. The fourth-order valence-corrected chi connectivity index (χ4v) is 4.94. The number of hydrogen-bond donors (Lipinski definition) is 1. The van der Waals surface area contributed by atoms with Gasteiger partial charge in [0.1, 0.15) is 6.04 Å². The lowest BCUT2D eigenvalue weighted by molar-refractivity contribution is -0.124. The predicted molar refractivity (Wildman–Crippen MR) is 111 cm³/mol. The molecule has 1 saturated carbocycles. The van der Waals surface area contributed by atoms with Crippen LogP contribution in [0.1, 0.15) is 44.1 Å². The fourth-order valence-electron chi connectivity index (χ4n) is 3.38. The van der Waals surface area contributed by atoms with E-state index in [1.807, 2.05) is 18.0 Å². The number of amidine groups is 1. The van der Waals surface area contributed by atoms with E-state index < -0.39 is 0 Å². The highest BCUT2D eigenvalue weighted by Gasteiger charge is 2.33. The molecule has 142 valence electrons. The average Bonchev–Trinajstić information content (AvgIpc) is 2.83. The molecule has 0 aromatic heterocycles. The standard InChI is InChI=1S/C19H25Cl2N3OS/c1-24-17(12-26-19(24)23-14-6-4-2-3-5-7-14)18(25)22-11-13-8-9-15(20)16(21)10-13/h8-10,14,17H,2-7,11-12H2,1H3,(H,22,25). The van der Waals surface area contributed by atoms with E-state index in [1.165, 1.54) is 38.5 Å². The number of carbonyl (C=O) groups is 1. The number of amides is 1. The fraction of sp³-hybridized carbons (Fsp3) is 0.579. The number of aliphatic imine (C=N–C) groups is 1. The Morgan fingerprint density at radius 3 is 2.65 bits per heavy atom. The van der Waals surface area contributed by atoms with Crippen molar-refractivity contribution >= 4 is 46.0 Å². The van der Waals surface area contributed by atoms with Crippen molar-refractivity contribution < 1.29 is 4.79 Å². The van der Waals surface area contributed by atoms with Crippen molar-refractivity contribution in [2.75, 3.05) is 12.8 Å². The van der Waals surface area contributed by atoms with Crippen molar-refractivity contribution in [1.82, 2.24) is 10.2 Å². The molecule has 1 aliphatic carbocycles. The van der Waals surface area contributed by atoms with Crippen LogP contribution in [0.3, 0.4) is 0 Å². The maximum atomic E-state index is 12.6. The number of rotatable bonds is 4. The summed E-state index contributed by atoms with van der Waals surface area (Å²) in [5.41, 5.74) is 0.938. The highest BCUT2D eigenvalue weighted by Crippen LogP contribution is 2.27. The van der Waals surface area contributed by atoms with Gasteiger partial charge in [-0.15, -0.1) is 0 Å². The van der Waals surface area contributed by atoms with Gasteiger partial charge in [-0.2, -0.15) is 0 Å². The summed E-state index contributed by atoms with van der Waals surface area (Å²) in [6, 6.07) is 5.66. The van der Waals surface area contributed by atoms with Crippen LogP contribution in [0.5, 0.6) is 0 Å². The number of thioether (sulfide) groups is 1. The Kier molecular flexibility index (Phi) is 7.12. The molecule has 1 unspecified atom stereocenters. The molecule has 1 aliphatic heterocycles. The molecule has 0 spiro atoms. The molecule has 1 heterocycles. The summed E-state index contributed by atoms with van der Waals surface area (Å²) in [6.07, 6.45) is 7.53. The van der Waals surface area contributed by atoms with Crippen molar-refractivity contribution in [3.05, 3.63) is 33.8 Å². The third kappa shape index (κ3) is 5.08. The number of nitrogens with one attached hydrogen (secondary N) is 1. The van der Waals surface area contributed by atoms with Gasteiger partial charge in [0.2, 0.25) is 5.91 Å². The van der Waals surface area contributed by atoms with Gasteiger partial charge in [0.25, 0.3) is 0 Å². The molecule has 3 rings (SSSR count). The van der Waals surface area contributed by atoms with Gasteiger partial charge < -0.3 is 10.2 Å². The first-order valence-corrected chi connectivity index (χ1v) is 10.9. The summed E-state index contributed by atoms with van der Waals surface area (Å²) < 4.78 is 0. The Hall–Kier alpha value is -0.910. The molecule has 7 heteroatoms. The van der Waals surface area contributed by atoms with Gasteiger partial charge in [-0.05, 0) is 30.5 Å². The van der Waals surface area contributed by atoms with Crippen LogP contribution < -0.4 is 5.32 Å². The van der Waals surface area contributed by atoms with Gasteiger partial charge >= 0.3 is 0 Å². The summed E-state index contributed by atoms with van der Waals surface area (Å²) >= 11 is 13.7. The summed E-state index contributed by atoms with van der Waals surface area (Å²) in [5.74, 6) is 0.770. The van der Waals surface area contributed by atoms with Crippen LogP contribution in [-0.4, -0.2) is 40.9 Å². The molecule has 1 saturated heterocycles. The molecule has 1 N–H and O–H groups in total. The van der Waals surface area contributed by atoms with Crippen molar-refractivity contribution in [3.8, 4) is 0 Å². The van der Waals surface area contributed by atoms with Crippen molar-refractivity contribution in [3.63, 3.8) is 0 Å². The lowest BCUT2D eigenvalue weighted by Gasteiger charge is -2.21. The van der Waals surface area contributed by atoms with Gasteiger partial charge in [0, 0.05) is 19.3 Å². The van der Waals surface area contributed by atoms with E-state index in [4.69, 9.17) is 28.2 Å². The van der Waals surface area contributed by atoms with Crippen LogP contribution in [0.25, 0.3) is 0 Å². The Bertz CT molecular complexity index is 675. The monoisotopic (exact) mass is 413 g/mol. The molecule has 1 aromatic rings. The minimum atomic E-state index is -0.174.